The van der Waals surface area contributed by atoms with Crippen molar-refractivity contribution in [3.63, 3.8) is 0 Å². The quantitative estimate of drug-likeness (QED) is 0.307. The highest BCUT2D eigenvalue weighted by Gasteiger charge is 2.20. The highest BCUT2D eigenvalue weighted by molar-refractivity contribution is 6.02. The number of amides is 2. The highest BCUT2D eigenvalue weighted by atomic mass is 19.2. The lowest BCUT2D eigenvalue weighted by molar-refractivity contribution is -0.115. The van der Waals surface area contributed by atoms with E-state index in [9.17, 15) is 27.2 Å². The molecule has 4 aromatic rings. The number of rotatable bonds is 6. The Kier molecular flexibility index (Phi) is 6.63. The smallest absolute Gasteiger partial charge is 0.255 e. The van der Waals surface area contributed by atoms with Crippen LogP contribution < -0.4 is 10.6 Å². The van der Waals surface area contributed by atoms with E-state index in [0.717, 1.165) is 11.6 Å². The zero-order valence-corrected chi connectivity index (χ0v) is 18.3. The van der Waals surface area contributed by atoms with Gasteiger partial charge in [-0.3, -0.25) is 9.59 Å². The van der Waals surface area contributed by atoms with Crippen molar-refractivity contribution < 1.29 is 27.2 Å². The van der Waals surface area contributed by atoms with E-state index in [-0.39, 0.29) is 5.56 Å². The van der Waals surface area contributed by atoms with Crippen LogP contribution in [0.15, 0.2) is 66.9 Å². The first-order chi connectivity index (χ1) is 16.7. The predicted octanol–water partition coefficient (Wildman–Crippen LogP) is 4.77. The number of hydrogen-bond donors (Lipinski definition) is 2. The molecule has 2 amide bonds. The lowest BCUT2D eigenvalue weighted by Gasteiger charge is -2.09. The van der Waals surface area contributed by atoms with Gasteiger partial charge in [-0.2, -0.15) is 5.10 Å². The first-order valence-corrected chi connectivity index (χ1v) is 10.4. The van der Waals surface area contributed by atoms with Crippen LogP contribution in [0.25, 0.3) is 16.9 Å². The molecule has 0 spiro atoms. The van der Waals surface area contributed by atoms with Crippen molar-refractivity contribution >= 4 is 17.5 Å². The van der Waals surface area contributed by atoms with Gasteiger partial charge in [0.15, 0.2) is 17.5 Å². The fraction of sp³-hybridized carbons (Fsp3) is 0.0800. The van der Waals surface area contributed by atoms with E-state index in [4.69, 9.17) is 0 Å². The molecule has 2 N–H and O–H groups in total. The third kappa shape index (κ3) is 5.21. The molecule has 1 aromatic heterocycles. The van der Waals surface area contributed by atoms with Crippen LogP contribution in [-0.4, -0.2) is 28.1 Å². The van der Waals surface area contributed by atoms with Gasteiger partial charge in [0.1, 0.15) is 11.5 Å². The van der Waals surface area contributed by atoms with Crippen LogP contribution >= 0.6 is 0 Å². The van der Waals surface area contributed by atoms with E-state index in [2.05, 4.69) is 15.7 Å². The SMILES string of the molecule is Cc1cccc(-c2nn(-c3ccc(F)cc3)cc2C(=O)NCC(=O)Nc2ccc(F)c(F)c2F)c1. The zero-order valence-electron chi connectivity index (χ0n) is 18.3. The van der Waals surface area contributed by atoms with Gasteiger partial charge in [0.2, 0.25) is 5.91 Å². The van der Waals surface area contributed by atoms with E-state index >= 15 is 0 Å². The van der Waals surface area contributed by atoms with Gasteiger partial charge in [0.05, 0.1) is 23.5 Å². The normalized spacial score (nSPS) is 10.8. The average molecular weight is 482 g/mol. The second-order valence-corrected chi connectivity index (χ2v) is 7.64. The minimum absolute atomic E-state index is 0.131. The molecule has 4 rings (SSSR count). The van der Waals surface area contributed by atoms with E-state index in [1.165, 1.54) is 35.1 Å². The van der Waals surface area contributed by atoms with Gasteiger partial charge in [-0.1, -0.05) is 23.8 Å². The molecular weight excluding hydrogens is 464 g/mol. The third-order valence-electron chi connectivity index (χ3n) is 5.06. The first-order valence-electron chi connectivity index (χ1n) is 10.4. The van der Waals surface area contributed by atoms with E-state index in [1.54, 1.807) is 12.1 Å². The van der Waals surface area contributed by atoms with Crippen molar-refractivity contribution in [1.29, 1.82) is 0 Å². The maximum Gasteiger partial charge on any atom is 0.255 e. The molecule has 35 heavy (non-hydrogen) atoms. The number of carbonyl (C=O) groups excluding carboxylic acids is 2. The van der Waals surface area contributed by atoms with Crippen molar-refractivity contribution in [2.24, 2.45) is 0 Å². The summed E-state index contributed by atoms with van der Waals surface area (Å²) in [4.78, 5) is 25.1. The predicted molar refractivity (Wildman–Crippen MR) is 121 cm³/mol. The standard InChI is InChI=1S/C25H18F4N4O2/c1-14-3-2-4-15(11-14)24-18(13-33(32-24)17-7-5-16(26)6-8-17)25(35)30-12-21(34)31-20-10-9-19(27)22(28)23(20)29/h2-11,13H,12H2,1H3,(H,30,35)(H,31,34). The van der Waals surface area contributed by atoms with Gasteiger partial charge < -0.3 is 10.6 Å². The average Bonchev–Trinajstić information content (AvgIpc) is 3.29. The Morgan fingerprint density at radius 1 is 0.943 bits per heavy atom. The minimum atomic E-state index is -1.72. The molecule has 0 fully saturated rings. The van der Waals surface area contributed by atoms with E-state index < -0.39 is 47.3 Å². The van der Waals surface area contributed by atoms with Gasteiger partial charge in [0.25, 0.3) is 5.91 Å². The summed E-state index contributed by atoms with van der Waals surface area (Å²) in [6.07, 6.45) is 1.44. The number of nitrogens with one attached hydrogen (secondary N) is 2. The molecule has 0 unspecified atom stereocenters. The molecular formula is C25H18F4N4O2. The molecule has 3 aromatic carbocycles. The largest absolute Gasteiger partial charge is 0.343 e. The molecule has 1 heterocycles. The molecule has 0 aliphatic heterocycles. The fourth-order valence-corrected chi connectivity index (χ4v) is 3.34. The lowest BCUT2D eigenvalue weighted by Crippen LogP contribution is -2.33. The molecule has 6 nitrogen and oxygen atoms in total. The van der Waals surface area contributed by atoms with Gasteiger partial charge in [0, 0.05) is 11.8 Å². The molecule has 0 aliphatic carbocycles. The summed E-state index contributed by atoms with van der Waals surface area (Å²) in [7, 11) is 0. The van der Waals surface area contributed by atoms with Crippen LogP contribution in [0.5, 0.6) is 0 Å². The summed E-state index contributed by atoms with van der Waals surface area (Å²) in [5, 5.41) is 8.97. The molecule has 0 saturated carbocycles. The highest BCUT2D eigenvalue weighted by Crippen LogP contribution is 2.25. The molecule has 0 radical (unpaired) electrons. The van der Waals surface area contributed by atoms with Gasteiger partial charge in [-0.15, -0.1) is 0 Å². The van der Waals surface area contributed by atoms with E-state index in [0.29, 0.717) is 23.0 Å². The molecule has 10 heteroatoms. The van der Waals surface area contributed by atoms with Crippen LogP contribution in [0.2, 0.25) is 0 Å². The Hall–Kier alpha value is -4.47. The summed E-state index contributed by atoms with van der Waals surface area (Å²) in [6, 6.07) is 14.3. The summed E-state index contributed by atoms with van der Waals surface area (Å²) in [5.74, 6) is -6.60. The fourth-order valence-electron chi connectivity index (χ4n) is 3.34. The van der Waals surface area contributed by atoms with Crippen molar-refractivity contribution in [3.8, 4) is 16.9 Å². The van der Waals surface area contributed by atoms with Crippen LogP contribution in [0.3, 0.4) is 0 Å². The number of anilines is 1. The molecule has 0 atom stereocenters. The summed E-state index contributed by atoms with van der Waals surface area (Å²) in [6.45, 7) is 1.30. The number of carbonyl (C=O) groups is 2. The lowest BCUT2D eigenvalue weighted by atomic mass is 10.1. The van der Waals surface area contributed by atoms with Gasteiger partial charge in [-0.05, 0) is 49.4 Å². The number of hydrogen-bond acceptors (Lipinski definition) is 3. The number of aromatic nitrogens is 2. The van der Waals surface area contributed by atoms with Crippen molar-refractivity contribution in [3.05, 3.63) is 101 Å². The second-order valence-electron chi connectivity index (χ2n) is 7.64. The van der Waals surface area contributed by atoms with Gasteiger partial charge >= 0.3 is 0 Å². The minimum Gasteiger partial charge on any atom is -0.343 e. The Morgan fingerprint density at radius 3 is 2.40 bits per heavy atom. The third-order valence-corrected chi connectivity index (χ3v) is 5.06. The Bertz CT molecular complexity index is 1420. The van der Waals surface area contributed by atoms with Crippen molar-refractivity contribution in [2.75, 3.05) is 11.9 Å². The van der Waals surface area contributed by atoms with Crippen LogP contribution in [0.1, 0.15) is 15.9 Å². The Labute approximate surface area is 197 Å². The van der Waals surface area contributed by atoms with E-state index in [1.807, 2.05) is 19.1 Å². The maximum absolute atomic E-state index is 13.8. The number of benzene rings is 3. The summed E-state index contributed by atoms with van der Waals surface area (Å²) < 4.78 is 55.0. The Morgan fingerprint density at radius 2 is 1.69 bits per heavy atom. The topological polar surface area (TPSA) is 76.0 Å². The Balaban J connectivity index is 1.57. The number of nitrogens with zero attached hydrogens (tertiary/aromatic N) is 2. The number of halogens is 4. The van der Waals surface area contributed by atoms with Crippen LogP contribution in [0.4, 0.5) is 23.2 Å². The second kappa shape index (κ2) is 9.80. The van der Waals surface area contributed by atoms with Crippen molar-refractivity contribution in [2.45, 2.75) is 6.92 Å². The van der Waals surface area contributed by atoms with Gasteiger partial charge in [-0.25, -0.2) is 22.2 Å². The zero-order chi connectivity index (χ0) is 25.1. The first kappa shape index (κ1) is 23.7. The monoisotopic (exact) mass is 482 g/mol. The van der Waals surface area contributed by atoms with Crippen molar-refractivity contribution in [1.82, 2.24) is 15.1 Å². The number of aryl methyl sites for hydroxylation is 1. The van der Waals surface area contributed by atoms with Crippen LogP contribution in [-0.2, 0) is 4.79 Å². The molecule has 0 aliphatic rings. The molecule has 178 valence electrons. The molecule has 0 saturated heterocycles. The molecule has 0 bridgehead atoms. The summed E-state index contributed by atoms with van der Waals surface area (Å²) >= 11 is 0. The van der Waals surface area contributed by atoms with Crippen LogP contribution in [0, 0.1) is 30.2 Å². The maximum atomic E-state index is 13.8. The summed E-state index contributed by atoms with van der Waals surface area (Å²) in [5.41, 5.74) is 1.97.